The fourth-order valence-corrected chi connectivity index (χ4v) is 1.52. The van der Waals surface area contributed by atoms with Crippen LogP contribution in [0.4, 0.5) is 0 Å². The first-order chi connectivity index (χ1) is 6.69. The monoisotopic (exact) mass is 214 g/mol. The lowest BCUT2D eigenvalue weighted by molar-refractivity contribution is -0.179. The summed E-state index contributed by atoms with van der Waals surface area (Å²) in [6.45, 7) is 10.4. The Hall–Kier alpha value is -0.870. The van der Waals surface area contributed by atoms with Gasteiger partial charge in [-0.1, -0.05) is 13.5 Å². The van der Waals surface area contributed by atoms with Gasteiger partial charge in [-0.2, -0.15) is 0 Å². The van der Waals surface area contributed by atoms with E-state index in [1.165, 1.54) is 0 Å². The molecular formula is C11H18O4. The number of esters is 1. The Kier molecular flexibility index (Phi) is 2.94. The summed E-state index contributed by atoms with van der Waals surface area (Å²) in [5.74, 6) is -1.98. The molecule has 4 heteroatoms. The van der Waals surface area contributed by atoms with Gasteiger partial charge in [0.15, 0.2) is 5.79 Å². The average molecular weight is 214 g/mol. The summed E-state index contributed by atoms with van der Waals surface area (Å²) in [4.78, 5) is 11.4. The molecule has 0 radical (unpaired) electrons. The van der Waals surface area contributed by atoms with E-state index in [2.05, 4.69) is 6.58 Å². The molecule has 86 valence electrons. The van der Waals surface area contributed by atoms with Crippen LogP contribution < -0.4 is 0 Å². The minimum absolute atomic E-state index is 0.195. The zero-order valence-electron chi connectivity index (χ0n) is 9.66. The highest BCUT2D eigenvalue weighted by Gasteiger charge is 2.53. The van der Waals surface area contributed by atoms with Gasteiger partial charge >= 0.3 is 5.97 Å². The van der Waals surface area contributed by atoms with Crippen molar-refractivity contribution < 1.29 is 19.4 Å². The molecule has 0 aliphatic carbocycles. The predicted octanol–water partition coefficient (Wildman–Crippen LogP) is 1.24. The second-order valence-corrected chi connectivity index (χ2v) is 4.55. The molecule has 1 fully saturated rings. The summed E-state index contributed by atoms with van der Waals surface area (Å²) >= 11 is 0. The Bertz CT molecular complexity index is 295. The molecule has 1 rings (SSSR count). The predicted molar refractivity (Wildman–Crippen MR) is 55.1 cm³/mol. The van der Waals surface area contributed by atoms with Crippen molar-refractivity contribution in [3.8, 4) is 0 Å². The van der Waals surface area contributed by atoms with Crippen molar-refractivity contribution in [3.63, 3.8) is 0 Å². The van der Waals surface area contributed by atoms with Crippen LogP contribution in [0.25, 0.3) is 0 Å². The van der Waals surface area contributed by atoms with E-state index in [4.69, 9.17) is 9.47 Å². The van der Waals surface area contributed by atoms with Crippen molar-refractivity contribution in [2.75, 3.05) is 6.61 Å². The zero-order valence-corrected chi connectivity index (χ0v) is 9.66. The fraction of sp³-hybridized carbons (Fsp3) is 0.727. The van der Waals surface area contributed by atoms with Crippen molar-refractivity contribution in [1.29, 1.82) is 0 Å². The molecule has 0 aromatic carbocycles. The van der Waals surface area contributed by atoms with E-state index in [1.54, 1.807) is 27.7 Å². The normalized spacial score (nSPS) is 40.2. The largest absolute Gasteiger partial charge is 0.453 e. The number of ether oxygens (including phenoxy) is 2. The van der Waals surface area contributed by atoms with E-state index < -0.39 is 17.4 Å². The van der Waals surface area contributed by atoms with Gasteiger partial charge in [0.25, 0.3) is 0 Å². The van der Waals surface area contributed by atoms with E-state index >= 15 is 0 Å². The van der Waals surface area contributed by atoms with Crippen LogP contribution in [-0.2, 0) is 14.3 Å². The summed E-state index contributed by atoms with van der Waals surface area (Å²) in [5, 5.41) is 9.81. The van der Waals surface area contributed by atoms with Crippen LogP contribution in [-0.4, -0.2) is 29.1 Å². The molecule has 1 saturated heterocycles. The summed E-state index contributed by atoms with van der Waals surface area (Å²) in [5.41, 5.74) is -0.450. The highest BCUT2D eigenvalue weighted by Crippen LogP contribution is 2.39. The number of hydrogen-bond donors (Lipinski definition) is 1. The highest BCUT2D eigenvalue weighted by atomic mass is 16.7. The van der Waals surface area contributed by atoms with Crippen molar-refractivity contribution in [1.82, 2.24) is 0 Å². The first kappa shape index (κ1) is 12.2. The molecule has 0 amide bonds. The van der Waals surface area contributed by atoms with Crippen LogP contribution >= 0.6 is 0 Å². The smallest absolute Gasteiger partial charge is 0.333 e. The van der Waals surface area contributed by atoms with Gasteiger partial charge in [0.05, 0.1) is 12.5 Å². The van der Waals surface area contributed by atoms with E-state index in [0.29, 0.717) is 5.57 Å². The minimum atomic E-state index is -1.25. The Morgan fingerprint density at radius 2 is 2.13 bits per heavy atom. The topological polar surface area (TPSA) is 55.8 Å². The van der Waals surface area contributed by atoms with Crippen molar-refractivity contribution in [2.45, 2.75) is 39.1 Å². The lowest BCUT2D eigenvalue weighted by Gasteiger charge is -2.30. The van der Waals surface area contributed by atoms with Gasteiger partial charge in [-0.25, -0.2) is 4.79 Å². The summed E-state index contributed by atoms with van der Waals surface area (Å²) in [6, 6.07) is 0. The maximum atomic E-state index is 11.4. The van der Waals surface area contributed by atoms with Gasteiger partial charge < -0.3 is 14.6 Å². The van der Waals surface area contributed by atoms with Crippen LogP contribution in [0.5, 0.6) is 0 Å². The number of aliphatic hydroxyl groups is 1. The molecular weight excluding hydrogens is 196 g/mol. The van der Waals surface area contributed by atoms with Crippen LogP contribution in [0.3, 0.4) is 0 Å². The molecule has 1 aliphatic heterocycles. The number of carbonyl (C=O) groups is 1. The number of rotatable bonds is 2. The molecule has 1 aliphatic rings. The van der Waals surface area contributed by atoms with Gasteiger partial charge in [-0.05, 0) is 20.8 Å². The van der Waals surface area contributed by atoms with Gasteiger partial charge in [-0.15, -0.1) is 0 Å². The second-order valence-electron chi connectivity index (χ2n) is 4.55. The third-order valence-electron chi connectivity index (χ3n) is 3.04. The van der Waals surface area contributed by atoms with Crippen molar-refractivity contribution in [3.05, 3.63) is 12.2 Å². The van der Waals surface area contributed by atoms with Gasteiger partial charge in [0, 0.05) is 5.57 Å². The SMILES string of the molecule is C=C(C)C(=O)OC1(C)COC(C)(O)C1C. The molecule has 0 aromatic rings. The maximum absolute atomic E-state index is 11.4. The molecule has 15 heavy (non-hydrogen) atoms. The summed E-state index contributed by atoms with van der Waals surface area (Å²) in [7, 11) is 0. The molecule has 0 spiro atoms. The van der Waals surface area contributed by atoms with E-state index in [1.807, 2.05) is 0 Å². The third-order valence-corrected chi connectivity index (χ3v) is 3.04. The van der Waals surface area contributed by atoms with Crippen LogP contribution in [0.1, 0.15) is 27.7 Å². The van der Waals surface area contributed by atoms with Crippen molar-refractivity contribution >= 4 is 5.97 Å². The van der Waals surface area contributed by atoms with Crippen LogP contribution in [0, 0.1) is 5.92 Å². The summed E-state index contributed by atoms with van der Waals surface area (Å²) < 4.78 is 10.5. The first-order valence-electron chi connectivity index (χ1n) is 4.94. The summed E-state index contributed by atoms with van der Waals surface area (Å²) in [6.07, 6.45) is 0. The number of hydrogen-bond acceptors (Lipinski definition) is 4. The Morgan fingerprint density at radius 3 is 2.47 bits per heavy atom. The van der Waals surface area contributed by atoms with Gasteiger partial charge in [0.1, 0.15) is 5.60 Å². The molecule has 0 aromatic heterocycles. The molecule has 1 heterocycles. The first-order valence-corrected chi connectivity index (χ1v) is 4.94. The van der Waals surface area contributed by atoms with Gasteiger partial charge in [0.2, 0.25) is 0 Å². The Labute approximate surface area is 89.9 Å². The molecule has 3 unspecified atom stereocenters. The highest BCUT2D eigenvalue weighted by molar-refractivity contribution is 5.87. The molecule has 0 saturated carbocycles. The standard InChI is InChI=1S/C11H18O4/c1-7(2)9(12)15-10(4)6-14-11(5,13)8(10)3/h8,13H,1,6H2,2-5H3. The molecule has 4 nitrogen and oxygen atoms in total. The quantitative estimate of drug-likeness (QED) is 0.555. The van der Waals surface area contributed by atoms with Crippen LogP contribution in [0.15, 0.2) is 12.2 Å². The minimum Gasteiger partial charge on any atom is -0.453 e. The Balaban J connectivity index is 2.78. The van der Waals surface area contributed by atoms with E-state index in [-0.39, 0.29) is 12.5 Å². The molecule has 3 atom stereocenters. The second kappa shape index (κ2) is 3.61. The third kappa shape index (κ3) is 2.21. The Morgan fingerprint density at radius 1 is 1.60 bits per heavy atom. The van der Waals surface area contributed by atoms with Crippen LogP contribution in [0.2, 0.25) is 0 Å². The van der Waals surface area contributed by atoms with E-state index in [0.717, 1.165) is 0 Å². The van der Waals surface area contributed by atoms with Gasteiger partial charge in [-0.3, -0.25) is 0 Å². The lowest BCUT2D eigenvalue weighted by atomic mass is 9.88. The maximum Gasteiger partial charge on any atom is 0.333 e. The number of carbonyl (C=O) groups excluding carboxylic acids is 1. The molecule has 1 N–H and O–H groups in total. The fourth-order valence-electron chi connectivity index (χ4n) is 1.52. The zero-order chi connectivity index (χ0) is 11.9. The molecule has 0 bridgehead atoms. The average Bonchev–Trinajstić information content (AvgIpc) is 2.30. The van der Waals surface area contributed by atoms with Crippen molar-refractivity contribution in [2.24, 2.45) is 5.92 Å². The lowest BCUT2D eigenvalue weighted by Crippen LogP contribution is -2.43. The van der Waals surface area contributed by atoms with E-state index in [9.17, 15) is 9.90 Å².